The molecule has 4 aromatic rings. The minimum Gasteiger partial charge on any atom is -0.463 e. The summed E-state index contributed by atoms with van der Waals surface area (Å²) in [6.07, 6.45) is 6.59. The second kappa shape index (κ2) is 5.65. The number of pyridine rings is 1. The van der Waals surface area contributed by atoms with Gasteiger partial charge in [-0.1, -0.05) is 0 Å². The summed E-state index contributed by atoms with van der Waals surface area (Å²) in [5, 5.41) is 6.70. The third-order valence-electron chi connectivity index (χ3n) is 3.73. The van der Waals surface area contributed by atoms with E-state index in [1.807, 2.05) is 0 Å². The molecule has 4 rings (SSSR count). The molecule has 1 aromatic carbocycles. The van der Waals surface area contributed by atoms with E-state index in [0.29, 0.717) is 22.5 Å². The molecule has 0 aliphatic heterocycles. The average molecular weight is 325 g/mol. The Balaban J connectivity index is 1.92. The number of ether oxygens (including phenoxy) is 1. The van der Waals surface area contributed by atoms with Gasteiger partial charge in [0.1, 0.15) is 16.8 Å². The number of aromatic nitrogens is 5. The quantitative estimate of drug-likeness (QED) is 0.603. The van der Waals surface area contributed by atoms with Crippen molar-refractivity contribution in [2.75, 3.05) is 6.86 Å². The van der Waals surface area contributed by atoms with Crippen LogP contribution in [0.5, 0.6) is 5.75 Å². The summed E-state index contributed by atoms with van der Waals surface area (Å²) in [6, 6.07) is 6.59. The standard InChI is InChI=1S/C16H12FN5O2/c17-8-24-12-3-1-11(2-4-12)22-7-13(10-5-20-21-6-10)14-15(16(22)23)19-9-18-14/h1-7,9H,8H2,(H,18,19)(H,20,21). The van der Waals surface area contributed by atoms with E-state index in [4.69, 9.17) is 4.74 Å². The highest BCUT2D eigenvalue weighted by Crippen LogP contribution is 2.25. The Labute approximate surface area is 134 Å². The Bertz CT molecular complexity index is 1030. The van der Waals surface area contributed by atoms with Crippen LogP contribution in [0.1, 0.15) is 0 Å². The van der Waals surface area contributed by atoms with Crippen molar-refractivity contribution >= 4 is 11.0 Å². The van der Waals surface area contributed by atoms with E-state index in [0.717, 1.165) is 11.1 Å². The summed E-state index contributed by atoms with van der Waals surface area (Å²) in [5.41, 5.74) is 2.97. The number of rotatable bonds is 4. The van der Waals surface area contributed by atoms with Gasteiger partial charge in [-0.2, -0.15) is 5.10 Å². The lowest BCUT2D eigenvalue weighted by Crippen LogP contribution is -2.18. The van der Waals surface area contributed by atoms with Gasteiger partial charge in [-0.05, 0) is 24.3 Å². The molecule has 0 saturated heterocycles. The fraction of sp³-hybridized carbons (Fsp3) is 0.0625. The number of halogens is 1. The van der Waals surface area contributed by atoms with Crippen LogP contribution >= 0.6 is 0 Å². The van der Waals surface area contributed by atoms with Crippen LogP contribution < -0.4 is 10.3 Å². The smallest absolute Gasteiger partial charge is 0.281 e. The number of fused-ring (bicyclic) bond motifs is 1. The molecule has 0 aliphatic carbocycles. The van der Waals surface area contributed by atoms with E-state index in [1.165, 1.54) is 10.9 Å². The third-order valence-corrected chi connectivity index (χ3v) is 3.73. The van der Waals surface area contributed by atoms with E-state index >= 15 is 0 Å². The van der Waals surface area contributed by atoms with Crippen molar-refractivity contribution in [1.29, 1.82) is 0 Å². The van der Waals surface area contributed by atoms with Gasteiger partial charge in [0.2, 0.25) is 6.86 Å². The van der Waals surface area contributed by atoms with Crippen molar-refractivity contribution in [3.05, 3.63) is 59.5 Å². The maximum absolute atomic E-state index is 12.7. The molecule has 2 N–H and O–H groups in total. The third kappa shape index (κ3) is 2.24. The average Bonchev–Trinajstić information content (AvgIpc) is 3.28. The zero-order chi connectivity index (χ0) is 16.5. The van der Waals surface area contributed by atoms with Gasteiger partial charge in [0.15, 0.2) is 0 Å². The Morgan fingerprint density at radius 3 is 2.79 bits per heavy atom. The second-order valence-electron chi connectivity index (χ2n) is 5.08. The lowest BCUT2D eigenvalue weighted by atomic mass is 10.1. The molecule has 0 bridgehead atoms. The fourth-order valence-corrected chi connectivity index (χ4v) is 2.60. The molecule has 0 aliphatic rings. The molecule has 3 heterocycles. The molecule has 0 saturated carbocycles. The predicted molar refractivity (Wildman–Crippen MR) is 85.9 cm³/mol. The first-order chi connectivity index (χ1) is 11.8. The summed E-state index contributed by atoms with van der Waals surface area (Å²) in [6.45, 7) is -0.899. The number of hydrogen-bond acceptors (Lipinski definition) is 4. The van der Waals surface area contributed by atoms with Gasteiger partial charge in [-0.3, -0.25) is 14.5 Å². The van der Waals surface area contributed by atoms with E-state index in [9.17, 15) is 9.18 Å². The SMILES string of the molecule is O=c1c2[nH]cnc2c(-c2cn[nH]c2)cn1-c1ccc(OCF)cc1. The first-order valence-electron chi connectivity index (χ1n) is 7.15. The normalized spacial score (nSPS) is 11.0. The topological polar surface area (TPSA) is 88.6 Å². The highest BCUT2D eigenvalue weighted by atomic mass is 19.1. The van der Waals surface area contributed by atoms with Crippen LogP contribution in [0, 0.1) is 0 Å². The molecule has 0 radical (unpaired) electrons. The van der Waals surface area contributed by atoms with Crippen molar-refractivity contribution in [3.8, 4) is 22.6 Å². The first kappa shape index (κ1) is 14.2. The molecule has 24 heavy (non-hydrogen) atoms. The molecule has 0 atom stereocenters. The zero-order valence-corrected chi connectivity index (χ0v) is 12.4. The number of aromatic amines is 2. The minimum atomic E-state index is -0.899. The first-order valence-corrected chi connectivity index (χ1v) is 7.15. The summed E-state index contributed by atoms with van der Waals surface area (Å²) in [7, 11) is 0. The molecule has 120 valence electrons. The van der Waals surface area contributed by atoms with Gasteiger partial charge in [-0.15, -0.1) is 0 Å². The molecule has 0 unspecified atom stereocenters. The summed E-state index contributed by atoms with van der Waals surface area (Å²) in [5.74, 6) is 0.395. The van der Waals surface area contributed by atoms with E-state index < -0.39 is 6.86 Å². The Kier molecular flexibility index (Phi) is 3.34. The maximum Gasteiger partial charge on any atom is 0.281 e. The van der Waals surface area contributed by atoms with Crippen molar-refractivity contribution in [3.63, 3.8) is 0 Å². The molecule has 7 nitrogen and oxygen atoms in total. The number of alkyl halides is 1. The van der Waals surface area contributed by atoms with Gasteiger partial charge in [-0.25, -0.2) is 9.37 Å². The summed E-state index contributed by atoms with van der Waals surface area (Å²) < 4.78 is 18.5. The fourth-order valence-electron chi connectivity index (χ4n) is 2.60. The van der Waals surface area contributed by atoms with Gasteiger partial charge in [0, 0.05) is 29.2 Å². The monoisotopic (exact) mass is 325 g/mol. The predicted octanol–water partition coefficient (Wildman–Crippen LogP) is 2.41. The Hall–Kier alpha value is -3.42. The molecule has 0 fully saturated rings. The van der Waals surface area contributed by atoms with Gasteiger partial charge in [0.25, 0.3) is 5.56 Å². The van der Waals surface area contributed by atoms with Crippen LogP contribution in [0.4, 0.5) is 4.39 Å². The molecule has 0 amide bonds. The van der Waals surface area contributed by atoms with Crippen molar-refractivity contribution in [2.45, 2.75) is 0 Å². The molecular weight excluding hydrogens is 313 g/mol. The number of nitrogens with one attached hydrogen (secondary N) is 2. The Morgan fingerprint density at radius 2 is 2.08 bits per heavy atom. The van der Waals surface area contributed by atoms with Crippen LogP contribution in [-0.2, 0) is 0 Å². The van der Waals surface area contributed by atoms with Crippen LogP contribution in [0.2, 0.25) is 0 Å². The largest absolute Gasteiger partial charge is 0.463 e. The summed E-state index contributed by atoms with van der Waals surface area (Å²) in [4.78, 5) is 19.8. The van der Waals surface area contributed by atoms with E-state index in [2.05, 4.69) is 20.2 Å². The van der Waals surface area contributed by atoms with Crippen LogP contribution in [0.3, 0.4) is 0 Å². The number of H-pyrrole nitrogens is 2. The van der Waals surface area contributed by atoms with Crippen molar-refractivity contribution in [2.24, 2.45) is 0 Å². The minimum absolute atomic E-state index is 0.228. The maximum atomic E-state index is 12.7. The second-order valence-corrected chi connectivity index (χ2v) is 5.08. The van der Waals surface area contributed by atoms with Crippen LogP contribution in [0.15, 0.2) is 54.0 Å². The van der Waals surface area contributed by atoms with E-state index in [-0.39, 0.29) is 5.56 Å². The van der Waals surface area contributed by atoms with Gasteiger partial charge < -0.3 is 9.72 Å². The number of hydrogen-bond donors (Lipinski definition) is 2. The van der Waals surface area contributed by atoms with Crippen molar-refractivity contribution < 1.29 is 9.13 Å². The zero-order valence-electron chi connectivity index (χ0n) is 12.4. The number of imidazole rings is 1. The highest BCUT2D eigenvalue weighted by molar-refractivity contribution is 5.90. The molecule has 8 heteroatoms. The molecular formula is C16H12FN5O2. The molecule has 3 aromatic heterocycles. The van der Waals surface area contributed by atoms with E-state index in [1.54, 1.807) is 42.9 Å². The number of nitrogens with zero attached hydrogens (tertiary/aromatic N) is 3. The van der Waals surface area contributed by atoms with Crippen LogP contribution in [0.25, 0.3) is 27.8 Å². The lowest BCUT2D eigenvalue weighted by Gasteiger charge is -2.09. The van der Waals surface area contributed by atoms with Gasteiger partial charge in [0.05, 0.1) is 12.5 Å². The lowest BCUT2D eigenvalue weighted by molar-refractivity contribution is 0.192. The van der Waals surface area contributed by atoms with Crippen LogP contribution in [-0.4, -0.2) is 31.6 Å². The number of benzene rings is 1. The molecule has 0 spiro atoms. The summed E-state index contributed by atoms with van der Waals surface area (Å²) >= 11 is 0. The van der Waals surface area contributed by atoms with Gasteiger partial charge >= 0.3 is 0 Å². The Morgan fingerprint density at radius 1 is 1.25 bits per heavy atom. The van der Waals surface area contributed by atoms with Crippen molar-refractivity contribution in [1.82, 2.24) is 24.7 Å². The highest BCUT2D eigenvalue weighted by Gasteiger charge is 2.14.